The molecular formula is C19H22N2O3. The van der Waals surface area contributed by atoms with Gasteiger partial charge in [0.15, 0.2) is 0 Å². The molecule has 0 saturated carbocycles. The van der Waals surface area contributed by atoms with Crippen LogP contribution in [0.1, 0.15) is 38.8 Å². The first-order valence-electron chi connectivity index (χ1n) is 7.87. The Labute approximate surface area is 142 Å². The molecule has 0 spiro atoms. The van der Waals surface area contributed by atoms with Crippen LogP contribution in [0.5, 0.6) is 11.5 Å². The first-order chi connectivity index (χ1) is 11.5. The number of benzene rings is 2. The number of carbonyl (C=O) groups excluding carboxylic acids is 2. The van der Waals surface area contributed by atoms with Crippen molar-refractivity contribution in [1.29, 1.82) is 0 Å². The van der Waals surface area contributed by atoms with Crippen LogP contribution in [-0.2, 0) is 0 Å². The Hall–Kier alpha value is -2.82. The van der Waals surface area contributed by atoms with Crippen molar-refractivity contribution in [3.63, 3.8) is 0 Å². The predicted octanol–water partition coefficient (Wildman–Crippen LogP) is 3.21. The van der Waals surface area contributed by atoms with Crippen molar-refractivity contribution in [2.24, 2.45) is 0 Å². The molecule has 2 amide bonds. The highest BCUT2D eigenvalue weighted by Gasteiger charge is 2.22. The number of hydrogen-bond acceptors (Lipinski definition) is 3. The van der Waals surface area contributed by atoms with Crippen molar-refractivity contribution in [3.8, 4) is 11.5 Å². The largest absolute Gasteiger partial charge is 0.456 e. The van der Waals surface area contributed by atoms with Gasteiger partial charge < -0.3 is 15.4 Å². The third-order valence-electron chi connectivity index (χ3n) is 3.68. The maximum Gasteiger partial charge on any atom is 0.255 e. The number of ether oxygens (including phenoxy) is 1. The van der Waals surface area contributed by atoms with Gasteiger partial charge in [-0.3, -0.25) is 9.59 Å². The van der Waals surface area contributed by atoms with Crippen LogP contribution in [0.2, 0.25) is 0 Å². The molecule has 5 nitrogen and oxygen atoms in total. The Kier molecular flexibility index (Phi) is 5.58. The molecule has 2 aromatic carbocycles. The first kappa shape index (κ1) is 17.5. The lowest BCUT2D eigenvalue weighted by Gasteiger charge is -2.16. The van der Waals surface area contributed by atoms with Crippen molar-refractivity contribution >= 4 is 11.8 Å². The minimum Gasteiger partial charge on any atom is -0.456 e. The fourth-order valence-electron chi connectivity index (χ4n) is 2.49. The topological polar surface area (TPSA) is 67.4 Å². The fraction of sp³-hybridized carbons (Fsp3) is 0.263. The molecule has 0 bridgehead atoms. The summed E-state index contributed by atoms with van der Waals surface area (Å²) < 4.78 is 6.02. The van der Waals surface area contributed by atoms with Crippen molar-refractivity contribution in [3.05, 3.63) is 58.7 Å². The smallest absolute Gasteiger partial charge is 0.255 e. The second-order valence-electron chi connectivity index (χ2n) is 5.44. The Morgan fingerprint density at radius 3 is 2.21 bits per heavy atom. The van der Waals surface area contributed by atoms with Crippen LogP contribution in [0.3, 0.4) is 0 Å². The average Bonchev–Trinajstić information content (AvgIpc) is 2.57. The number of amides is 2. The molecule has 126 valence electrons. The molecule has 0 aromatic heterocycles. The quantitative estimate of drug-likeness (QED) is 0.886. The number of nitrogens with one attached hydrogen (secondary N) is 2. The van der Waals surface area contributed by atoms with E-state index in [0.717, 1.165) is 11.1 Å². The Morgan fingerprint density at radius 2 is 1.62 bits per heavy atom. The third kappa shape index (κ3) is 3.56. The fourth-order valence-corrected chi connectivity index (χ4v) is 2.49. The Balaban J connectivity index is 2.55. The highest BCUT2D eigenvalue weighted by Crippen LogP contribution is 2.32. The van der Waals surface area contributed by atoms with Gasteiger partial charge in [-0.2, -0.15) is 0 Å². The summed E-state index contributed by atoms with van der Waals surface area (Å²) in [6, 6.07) is 10.8. The lowest BCUT2D eigenvalue weighted by molar-refractivity contribution is 0.0923. The highest BCUT2D eigenvalue weighted by atomic mass is 16.5. The lowest BCUT2D eigenvalue weighted by atomic mass is 10.0. The molecule has 2 rings (SSSR count). The SMILES string of the molecule is CCNC(=O)c1cccc(Oc2c(C)cccc2C)c1C(=O)NC. The zero-order chi connectivity index (χ0) is 17.7. The first-order valence-corrected chi connectivity index (χ1v) is 7.87. The van der Waals surface area contributed by atoms with Gasteiger partial charge >= 0.3 is 0 Å². The van der Waals surface area contributed by atoms with Crippen molar-refractivity contribution in [2.45, 2.75) is 20.8 Å². The van der Waals surface area contributed by atoms with Crippen LogP contribution in [0, 0.1) is 13.8 Å². The van der Waals surface area contributed by atoms with Gasteiger partial charge in [-0.05, 0) is 44.0 Å². The second kappa shape index (κ2) is 7.64. The number of carbonyl (C=O) groups is 2. The van der Waals surface area contributed by atoms with Crippen molar-refractivity contribution in [2.75, 3.05) is 13.6 Å². The van der Waals surface area contributed by atoms with Crippen molar-refractivity contribution in [1.82, 2.24) is 10.6 Å². The number of aryl methyl sites for hydroxylation is 2. The van der Waals surface area contributed by atoms with Gasteiger partial charge in [-0.15, -0.1) is 0 Å². The molecule has 0 radical (unpaired) electrons. The molecule has 0 aliphatic carbocycles. The van der Waals surface area contributed by atoms with E-state index in [-0.39, 0.29) is 17.4 Å². The molecule has 0 aliphatic rings. The van der Waals surface area contributed by atoms with Crippen LogP contribution in [0.15, 0.2) is 36.4 Å². The van der Waals surface area contributed by atoms with E-state index in [1.807, 2.05) is 39.0 Å². The van der Waals surface area contributed by atoms with E-state index in [0.29, 0.717) is 23.6 Å². The summed E-state index contributed by atoms with van der Waals surface area (Å²) in [5.41, 5.74) is 2.44. The van der Waals surface area contributed by atoms with Gasteiger partial charge in [-0.1, -0.05) is 24.3 Å². The number of rotatable bonds is 5. The number of para-hydroxylation sites is 1. The van der Waals surface area contributed by atoms with Gasteiger partial charge in [0.2, 0.25) is 0 Å². The summed E-state index contributed by atoms with van der Waals surface area (Å²) >= 11 is 0. The van der Waals surface area contributed by atoms with Crippen LogP contribution >= 0.6 is 0 Å². The van der Waals surface area contributed by atoms with Gasteiger partial charge in [0, 0.05) is 13.6 Å². The van der Waals surface area contributed by atoms with E-state index in [1.165, 1.54) is 7.05 Å². The van der Waals surface area contributed by atoms with E-state index < -0.39 is 0 Å². The zero-order valence-corrected chi connectivity index (χ0v) is 14.4. The van der Waals surface area contributed by atoms with E-state index in [1.54, 1.807) is 18.2 Å². The molecule has 0 unspecified atom stereocenters. The molecule has 0 aliphatic heterocycles. The highest BCUT2D eigenvalue weighted by molar-refractivity contribution is 6.09. The van der Waals surface area contributed by atoms with E-state index in [4.69, 9.17) is 4.74 Å². The minimum atomic E-state index is -0.363. The third-order valence-corrected chi connectivity index (χ3v) is 3.68. The van der Waals surface area contributed by atoms with E-state index >= 15 is 0 Å². The molecule has 2 N–H and O–H groups in total. The summed E-state index contributed by atoms with van der Waals surface area (Å²) in [6.07, 6.45) is 0. The second-order valence-corrected chi connectivity index (χ2v) is 5.44. The van der Waals surface area contributed by atoms with Crippen molar-refractivity contribution < 1.29 is 14.3 Å². The molecule has 0 heterocycles. The van der Waals surface area contributed by atoms with Crippen LogP contribution < -0.4 is 15.4 Å². The summed E-state index contributed by atoms with van der Waals surface area (Å²) in [5, 5.41) is 5.30. The summed E-state index contributed by atoms with van der Waals surface area (Å²) in [6.45, 7) is 6.19. The average molecular weight is 326 g/mol. The predicted molar refractivity (Wildman–Crippen MR) is 93.8 cm³/mol. The standard InChI is InChI=1S/C19H22N2O3/c1-5-21-18(22)14-10-7-11-15(16(14)19(23)20-4)24-17-12(2)8-6-9-13(17)3/h6-11H,5H2,1-4H3,(H,20,23)(H,21,22). The summed E-state index contributed by atoms with van der Waals surface area (Å²) in [5.74, 6) is 0.382. The van der Waals surface area contributed by atoms with Gasteiger partial charge in [0.25, 0.3) is 11.8 Å². The van der Waals surface area contributed by atoms with E-state index in [9.17, 15) is 9.59 Å². The van der Waals surface area contributed by atoms with Crippen LogP contribution in [0.4, 0.5) is 0 Å². The Bertz CT molecular complexity index is 749. The zero-order valence-electron chi connectivity index (χ0n) is 14.4. The molecule has 2 aromatic rings. The summed E-state index contributed by atoms with van der Waals surface area (Å²) in [4.78, 5) is 24.6. The molecule has 0 saturated heterocycles. The minimum absolute atomic E-state index is 0.230. The van der Waals surface area contributed by atoms with Crippen LogP contribution in [-0.4, -0.2) is 25.4 Å². The molecule has 0 fully saturated rings. The Morgan fingerprint density at radius 1 is 1.00 bits per heavy atom. The maximum atomic E-state index is 12.4. The lowest BCUT2D eigenvalue weighted by Crippen LogP contribution is -2.28. The maximum absolute atomic E-state index is 12.4. The van der Waals surface area contributed by atoms with Gasteiger partial charge in [-0.25, -0.2) is 0 Å². The molecule has 0 atom stereocenters. The molecular weight excluding hydrogens is 304 g/mol. The monoisotopic (exact) mass is 326 g/mol. The van der Waals surface area contributed by atoms with Gasteiger partial charge in [0.1, 0.15) is 11.5 Å². The molecule has 5 heteroatoms. The molecule has 24 heavy (non-hydrogen) atoms. The number of hydrogen-bond donors (Lipinski definition) is 2. The normalized spacial score (nSPS) is 10.2. The van der Waals surface area contributed by atoms with Gasteiger partial charge in [0.05, 0.1) is 11.1 Å². The van der Waals surface area contributed by atoms with E-state index in [2.05, 4.69) is 10.6 Å². The van der Waals surface area contributed by atoms with Crippen LogP contribution in [0.25, 0.3) is 0 Å². The summed E-state index contributed by atoms with van der Waals surface area (Å²) in [7, 11) is 1.53.